The zero-order valence-corrected chi connectivity index (χ0v) is 11.6. The topological polar surface area (TPSA) is 73.2 Å². The third kappa shape index (κ3) is 2.89. The fourth-order valence-corrected chi connectivity index (χ4v) is 2.70. The Morgan fingerprint density at radius 2 is 1.95 bits per heavy atom. The van der Waals surface area contributed by atoms with Crippen molar-refractivity contribution in [1.82, 2.24) is 15.3 Å². The van der Waals surface area contributed by atoms with Crippen LogP contribution in [-0.2, 0) is 9.63 Å². The van der Waals surface area contributed by atoms with E-state index in [0.717, 1.165) is 35.8 Å². The van der Waals surface area contributed by atoms with Gasteiger partial charge in [-0.15, -0.1) is 0 Å². The van der Waals surface area contributed by atoms with E-state index in [1.807, 2.05) is 18.2 Å². The smallest absolute Gasteiger partial charge is 0.320 e. The van der Waals surface area contributed by atoms with Crippen molar-refractivity contribution in [3.8, 4) is 0 Å². The van der Waals surface area contributed by atoms with Crippen LogP contribution >= 0.6 is 0 Å². The first kappa shape index (κ1) is 13.6. The number of hydrogen-bond acceptors (Lipinski definition) is 4. The molecule has 0 atom stereocenters. The van der Waals surface area contributed by atoms with Crippen LogP contribution in [0.4, 0.5) is 4.79 Å². The highest BCUT2D eigenvalue weighted by molar-refractivity contribution is 5.88. The Bertz CT molecular complexity index is 659. The van der Waals surface area contributed by atoms with Gasteiger partial charge < -0.3 is 4.84 Å². The number of hydrogen-bond donors (Lipinski definition) is 1. The molecule has 0 aliphatic heterocycles. The molecule has 1 aromatic carbocycles. The number of carbonyl (C=O) groups is 2. The van der Waals surface area contributed by atoms with E-state index < -0.39 is 6.09 Å². The van der Waals surface area contributed by atoms with Gasteiger partial charge in [-0.1, -0.05) is 37.5 Å². The molecular formula is C15H17N3O3. The van der Waals surface area contributed by atoms with Crippen molar-refractivity contribution >= 4 is 22.9 Å². The summed E-state index contributed by atoms with van der Waals surface area (Å²) >= 11 is 0. The van der Waals surface area contributed by atoms with Gasteiger partial charge in [0.1, 0.15) is 0 Å². The molecule has 6 heteroatoms. The summed E-state index contributed by atoms with van der Waals surface area (Å²) in [5, 5.41) is 4.82. The van der Waals surface area contributed by atoms with E-state index >= 15 is 0 Å². The Labute approximate surface area is 122 Å². The van der Waals surface area contributed by atoms with Gasteiger partial charge in [-0.05, 0) is 18.9 Å². The second kappa shape index (κ2) is 5.95. The van der Waals surface area contributed by atoms with Gasteiger partial charge in [0.15, 0.2) is 0 Å². The molecule has 3 rings (SSSR count). The van der Waals surface area contributed by atoms with Gasteiger partial charge in [-0.3, -0.25) is 4.79 Å². The predicted molar refractivity (Wildman–Crippen MR) is 76.3 cm³/mol. The molecule has 1 aliphatic rings. The fraction of sp³-hybridized carbons (Fsp3) is 0.400. The number of benzene rings is 1. The number of nitrogens with zero attached hydrogens (tertiary/aromatic N) is 2. The summed E-state index contributed by atoms with van der Waals surface area (Å²) in [5.74, 6) is -0.277. The Morgan fingerprint density at radius 3 is 2.76 bits per heavy atom. The van der Waals surface area contributed by atoms with Crippen LogP contribution in [0.15, 0.2) is 30.5 Å². The van der Waals surface area contributed by atoms with Crippen molar-refractivity contribution in [2.24, 2.45) is 5.92 Å². The SMILES string of the molecule is O=C(NOC(=O)n1ncc2ccccc21)C1CCCCC1. The predicted octanol–water partition coefficient (Wildman–Crippen LogP) is 2.63. The summed E-state index contributed by atoms with van der Waals surface area (Å²) in [6, 6.07) is 7.30. The molecule has 0 unspecified atom stereocenters. The number of nitrogens with one attached hydrogen (secondary N) is 1. The highest BCUT2D eigenvalue weighted by atomic mass is 16.7. The average molecular weight is 287 g/mol. The summed E-state index contributed by atoms with van der Waals surface area (Å²) in [4.78, 5) is 28.8. The molecule has 1 saturated carbocycles. The standard InChI is InChI=1S/C15H17N3O3/c19-14(11-6-2-1-3-7-11)17-21-15(20)18-13-9-5-4-8-12(13)10-16-18/h4-5,8-11H,1-3,6-7H2,(H,17,19). The number of para-hydroxylation sites is 1. The van der Waals surface area contributed by atoms with Gasteiger partial charge in [0, 0.05) is 11.3 Å². The number of amides is 1. The van der Waals surface area contributed by atoms with Gasteiger partial charge >= 0.3 is 6.09 Å². The summed E-state index contributed by atoms with van der Waals surface area (Å²) in [7, 11) is 0. The average Bonchev–Trinajstić information content (AvgIpc) is 2.97. The van der Waals surface area contributed by atoms with E-state index in [1.54, 1.807) is 12.3 Å². The van der Waals surface area contributed by atoms with Crippen molar-refractivity contribution in [1.29, 1.82) is 0 Å². The maximum absolute atomic E-state index is 12.0. The molecule has 1 heterocycles. The molecule has 6 nitrogen and oxygen atoms in total. The molecular weight excluding hydrogens is 270 g/mol. The Hall–Kier alpha value is -2.37. The number of hydroxylamine groups is 1. The lowest BCUT2D eigenvalue weighted by molar-refractivity contribution is -0.134. The molecule has 1 amide bonds. The molecule has 21 heavy (non-hydrogen) atoms. The van der Waals surface area contributed by atoms with Gasteiger partial charge in [0.25, 0.3) is 5.91 Å². The lowest BCUT2D eigenvalue weighted by Crippen LogP contribution is -2.35. The minimum absolute atomic E-state index is 0.0547. The lowest BCUT2D eigenvalue weighted by atomic mass is 9.89. The molecule has 1 N–H and O–H groups in total. The second-order valence-electron chi connectivity index (χ2n) is 5.28. The van der Waals surface area contributed by atoms with Crippen molar-refractivity contribution in [2.75, 3.05) is 0 Å². The molecule has 1 fully saturated rings. The minimum Gasteiger partial charge on any atom is -0.320 e. The van der Waals surface area contributed by atoms with Crippen LogP contribution in [0.5, 0.6) is 0 Å². The first-order valence-electron chi connectivity index (χ1n) is 7.19. The summed E-state index contributed by atoms with van der Waals surface area (Å²) in [5.41, 5.74) is 2.90. The van der Waals surface area contributed by atoms with Gasteiger partial charge in [-0.25, -0.2) is 4.79 Å². The van der Waals surface area contributed by atoms with Crippen LogP contribution in [0, 0.1) is 5.92 Å². The molecule has 1 aliphatic carbocycles. The minimum atomic E-state index is -0.708. The van der Waals surface area contributed by atoms with Gasteiger partial charge in [-0.2, -0.15) is 15.3 Å². The monoisotopic (exact) mass is 287 g/mol. The molecule has 110 valence electrons. The van der Waals surface area contributed by atoms with Crippen molar-refractivity contribution in [3.05, 3.63) is 30.5 Å². The van der Waals surface area contributed by atoms with Crippen LogP contribution in [0.2, 0.25) is 0 Å². The first-order valence-corrected chi connectivity index (χ1v) is 7.19. The summed E-state index contributed by atoms with van der Waals surface area (Å²) < 4.78 is 1.14. The lowest BCUT2D eigenvalue weighted by Gasteiger charge is -2.19. The highest BCUT2D eigenvalue weighted by Gasteiger charge is 2.22. The molecule has 0 radical (unpaired) electrons. The summed E-state index contributed by atoms with van der Waals surface area (Å²) in [6.07, 6.45) is 5.86. The van der Waals surface area contributed by atoms with E-state index in [-0.39, 0.29) is 11.8 Å². The molecule has 0 bridgehead atoms. The van der Waals surface area contributed by atoms with E-state index in [0.29, 0.717) is 5.52 Å². The maximum Gasteiger partial charge on any atom is 0.459 e. The normalized spacial score (nSPS) is 15.8. The quantitative estimate of drug-likeness (QED) is 0.818. The fourth-order valence-electron chi connectivity index (χ4n) is 2.70. The Kier molecular flexibility index (Phi) is 3.85. The third-order valence-electron chi connectivity index (χ3n) is 3.87. The van der Waals surface area contributed by atoms with E-state index in [1.165, 1.54) is 6.42 Å². The Morgan fingerprint density at radius 1 is 1.19 bits per heavy atom. The van der Waals surface area contributed by atoms with Gasteiger partial charge in [0.2, 0.25) is 0 Å². The zero-order valence-electron chi connectivity index (χ0n) is 11.6. The van der Waals surface area contributed by atoms with E-state index in [9.17, 15) is 9.59 Å². The third-order valence-corrected chi connectivity index (χ3v) is 3.87. The molecule has 2 aromatic rings. The van der Waals surface area contributed by atoms with E-state index in [2.05, 4.69) is 10.6 Å². The van der Waals surface area contributed by atoms with Crippen LogP contribution in [0.1, 0.15) is 32.1 Å². The van der Waals surface area contributed by atoms with Crippen LogP contribution in [-0.4, -0.2) is 21.8 Å². The second-order valence-corrected chi connectivity index (χ2v) is 5.28. The number of aromatic nitrogens is 2. The van der Waals surface area contributed by atoms with Crippen molar-refractivity contribution in [3.63, 3.8) is 0 Å². The van der Waals surface area contributed by atoms with E-state index in [4.69, 9.17) is 4.84 Å². The highest BCUT2D eigenvalue weighted by Crippen LogP contribution is 2.23. The van der Waals surface area contributed by atoms with Crippen molar-refractivity contribution in [2.45, 2.75) is 32.1 Å². The first-order chi connectivity index (χ1) is 10.3. The van der Waals surface area contributed by atoms with Crippen LogP contribution in [0.25, 0.3) is 10.9 Å². The van der Waals surface area contributed by atoms with Gasteiger partial charge in [0.05, 0.1) is 11.7 Å². The Balaban J connectivity index is 1.62. The largest absolute Gasteiger partial charge is 0.459 e. The molecule has 0 saturated heterocycles. The molecule has 1 aromatic heterocycles. The molecule has 0 spiro atoms. The van der Waals surface area contributed by atoms with Crippen molar-refractivity contribution < 1.29 is 14.4 Å². The number of rotatable bonds is 1. The number of fused-ring (bicyclic) bond motifs is 1. The van der Waals surface area contributed by atoms with Crippen LogP contribution < -0.4 is 5.48 Å². The number of carbonyl (C=O) groups excluding carboxylic acids is 2. The maximum atomic E-state index is 12.0. The zero-order chi connectivity index (χ0) is 14.7. The summed E-state index contributed by atoms with van der Waals surface area (Å²) in [6.45, 7) is 0. The van der Waals surface area contributed by atoms with Crippen LogP contribution in [0.3, 0.4) is 0 Å².